The Morgan fingerprint density at radius 3 is 2.50 bits per heavy atom. The molecular formula is C13H15NO2S2. The number of rotatable bonds is 1. The number of amides is 1. The molecule has 1 aliphatic rings. The van der Waals surface area contributed by atoms with Gasteiger partial charge in [0.05, 0.1) is 4.91 Å². The fourth-order valence-electron chi connectivity index (χ4n) is 1.71. The van der Waals surface area contributed by atoms with Crippen LogP contribution in [0.2, 0.25) is 0 Å². The maximum Gasteiger partial charge on any atom is 0.266 e. The minimum Gasteiger partial charge on any atom is -0.462 e. The Hall–Kier alpha value is -1.07. The van der Waals surface area contributed by atoms with Gasteiger partial charge in [-0.3, -0.25) is 9.69 Å². The molecule has 0 N–H and O–H groups in total. The van der Waals surface area contributed by atoms with Crippen molar-refractivity contribution in [2.24, 2.45) is 0 Å². The van der Waals surface area contributed by atoms with Crippen LogP contribution < -0.4 is 0 Å². The smallest absolute Gasteiger partial charge is 0.266 e. The molecule has 0 saturated carbocycles. The van der Waals surface area contributed by atoms with E-state index in [2.05, 4.69) is 0 Å². The molecule has 3 nitrogen and oxygen atoms in total. The molecule has 96 valence electrons. The lowest BCUT2D eigenvalue weighted by atomic mass is 10.1. The fourth-order valence-corrected chi connectivity index (χ4v) is 3.32. The van der Waals surface area contributed by atoms with Crippen molar-refractivity contribution in [2.75, 3.05) is 0 Å². The second kappa shape index (κ2) is 4.55. The molecular weight excluding hydrogens is 266 g/mol. The molecule has 1 saturated heterocycles. The van der Waals surface area contributed by atoms with Gasteiger partial charge in [0, 0.05) is 11.6 Å². The summed E-state index contributed by atoms with van der Waals surface area (Å²) in [4.78, 5) is 14.5. The number of carbonyl (C=O) groups is 1. The zero-order chi connectivity index (χ0) is 13.5. The average Bonchev–Trinajstić information content (AvgIpc) is 2.71. The summed E-state index contributed by atoms with van der Waals surface area (Å²) >= 11 is 6.58. The van der Waals surface area contributed by atoms with E-state index >= 15 is 0 Å². The third kappa shape index (κ3) is 2.52. The van der Waals surface area contributed by atoms with Crippen LogP contribution >= 0.6 is 24.0 Å². The minimum absolute atomic E-state index is 0.0495. The monoisotopic (exact) mass is 281 g/mol. The molecule has 1 amide bonds. The highest BCUT2D eigenvalue weighted by Crippen LogP contribution is 2.36. The van der Waals surface area contributed by atoms with Gasteiger partial charge in [-0.15, -0.1) is 0 Å². The Morgan fingerprint density at radius 1 is 1.39 bits per heavy atom. The maximum absolute atomic E-state index is 12.3. The van der Waals surface area contributed by atoms with E-state index in [-0.39, 0.29) is 11.4 Å². The molecule has 0 aliphatic carbocycles. The molecule has 1 aromatic rings. The van der Waals surface area contributed by atoms with Crippen molar-refractivity contribution in [1.29, 1.82) is 0 Å². The summed E-state index contributed by atoms with van der Waals surface area (Å²) in [6.07, 6.45) is 1.75. The summed E-state index contributed by atoms with van der Waals surface area (Å²) in [5, 5.41) is 0. The Balaban J connectivity index is 2.31. The van der Waals surface area contributed by atoms with E-state index in [4.69, 9.17) is 16.6 Å². The summed E-state index contributed by atoms with van der Waals surface area (Å²) in [6, 6.07) is 3.72. The number of thiocarbonyl (C=S) groups is 1. The van der Waals surface area contributed by atoms with Gasteiger partial charge in [0.15, 0.2) is 0 Å². The first-order valence-electron chi connectivity index (χ1n) is 5.63. The first-order valence-corrected chi connectivity index (χ1v) is 6.86. The molecule has 0 aromatic carbocycles. The van der Waals surface area contributed by atoms with Crippen LogP contribution in [-0.2, 0) is 4.79 Å². The highest BCUT2D eigenvalue weighted by Gasteiger charge is 2.39. The van der Waals surface area contributed by atoms with Crippen molar-refractivity contribution in [3.63, 3.8) is 0 Å². The third-order valence-electron chi connectivity index (χ3n) is 2.50. The molecule has 2 heterocycles. The SMILES string of the molecule is Cc1ccc(C=C2SC(=S)N(C(C)(C)C)C2=O)o1. The van der Waals surface area contributed by atoms with E-state index in [1.165, 1.54) is 11.8 Å². The number of aryl methyl sites for hydroxylation is 1. The van der Waals surface area contributed by atoms with Crippen molar-refractivity contribution in [1.82, 2.24) is 4.90 Å². The summed E-state index contributed by atoms with van der Waals surface area (Å²) in [6.45, 7) is 7.78. The van der Waals surface area contributed by atoms with E-state index < -0.39 is 0 Å². The molecule has 1 aliphatic heterocycles. The van der Waals surface area contributed by atoms with Gasteiger partial charge in [0.25, 0.3) is 5.91 Å². The van der Waals surface area contributed by atoms with Crippen LogP contribution in [0.3, 0.4) is 0 Å². The second-order valence-electron chi connectivity index (χ2n) is 5.14. The molecule has 1 aromatic heterocycles. The molecule has 0 bridgehead atoms. The predicted molar refractivity (Wildman–Crippen MR) is 78.2 cm³/mol. The minimum atomic E-state index is -0.296. The Morgan fingerprint density at radius 2 is 2.06 bits per heavy atom. The first-order chi connectivity index (χ1) is 8.29. The van der Waals surface area contributed by atoms with Crippen LogP contribution in [0.15, 0.2) is 21.5 Å². The van der Waals surface area contributed by atoms with E-state index in [0.717, 1.165) is 5.76 Å². The third-order valence-corrected chi connectivity index (χ3v) is 3.80. The van der Waals surface area contributed by atoms with Gasteiger partial charge in [-0.25, -0.2) is 0 Å². The van der Waals surface area contributed by atoms with E-state index in [9.17, 15) is 4.79 Å². The Bertz CT molecular complexity index is 537. The van der Waals surface area contributed by atoms with E-state index in [0.29, 0.717) is 15.0 Å². The van der Waals surface area contributed by atoms with E-state index in [1.54, 1.807) is 11.0 Å². The predicted octanol–water partition coefficient (Wildman–Crippen LogP) is 3.59. The molecule has 1 fully saturated rings. The number of hydrogen-bond donors (Lipinski definition) is 0. The fraction of sp³-hybridized carbons (Fsp3) is 0.385. The lowest BCUT2D eigenvalue weighted by molar-refractivity contribution is -0.125. The summed E-state index contributed by atoms with van der Waals surface area (Å²) in [5.41, 5.74) is -0.296. The van der Waals surface area contributed by atoms with Crippen molar-refractivity contribution in [3.05, 3.63) is 28.6 Å². The highest BCUT2D eigenvalue weighted by molar-refractivity contribution is 8.26. The lowest BCUT2D eigenvalue weighted by Gasteiger charge is -2.30. The normalized spacial score (nSPS) is 19.1. The van der Waals surface area contributed by atoms with Crippen LogP contribution in [0.25, 0.3) is 6.08 Å². The number of nitrogens with zero attached hydrogens (tertiary/aromatic N) is 1. The zero-order valence-electron chi connectivity index (χ0n) is 10.8. The van der Waals surface area contributed by atoms with Gasteiger partial charge in [0.2, 0.25) is 0 Å². The Labute approximate surface area is 116 Å². The van der Waals surface area contributed by atoms with Crippen LogP contribution in [0.1, 0.15) is 32.3 Å². The highest BCUT2D eigenvalue weighted by atomic mass is 32.2. The summed E-state index contributed by atoms with van der Waals surface area (Å²) < 4.78 is 6.05. The van der Waals surface area contributed by atoms with E-state index in [1.807, 2.05) is 39.8 Å². The largest absolute Gasteiger partial charge is 0.462 e. The zero-order valence-corrected chi connectivity index (χ0v) is 12.4. The topological polar surface area (TPSA) is 33.5 Å². The molecule has 5 heteroatoms. The standard InChI is InChI=1S/C13H15NO2S2/c1-8-5-6-9(16-8)7-10-11(15)14(12(17)18-10)13(2,3)4/h5-7H,1-4H3. The molecule has 0 spiro atoms. The van der Waals surface area contributed by atoms with Crippen LogP contribution in [0, 0.1) is 6.92 Å². The average molecular weight is 281 g/mol. The van der Waals surface area contributed by atoms with Gasteiger partial charge < -0.3 is 4.42 Å². The van der Waals surface area contributed by atoms with Gasteiger partial charge in [-0.1, -0.05) is 24.0 Å². The van der Waals surface area contributed by atoms with Crippen molar-refractivity contribution >= 4 is 40.3 Å². The quantitative estimate of drug-likeness (QED) is 0.582. The maximum atomic E-state index is 12.3. The van der Waals surface area contributed by atoms with Crippen molar-refractivity contribution in [2.45, 2.75) is 33.2 Å². The van der Waals surface area contributed by atoms with Gasteiger partial charge >= 0.3 is 0 Å². The van der Waals surface area contributed by atoms with Crippen LogP contribution in [0.4, 0.5) is 0 Å². The van der Waals surface area contributed by atoms with Gasteiger partial charge in [0.1, 0.15) is 15.8 Å². The van der Waals surface area contributed by atoms with Gasteiger partial charge in [-0.2, -0.15) is 0 Å². The first kappa shape index (κ1) is 13.4. The molecule has 2 rings (SSSR count). The number of hydrogen-bond acceptors (Lipinski definition) is 4. The van der Waals surface area contributed by atoms with Gasteiger partial charge in [-0.05, 0) is 39.8 Å². The van der Waals surface area contributed by atoms with Crippen molar-refractivity contribution < 1.29 is 9.21 Å². The second-order valence-corrected chi connectivity index (χ2v) is 6.81. The number of furan rings is 1. The molecule has 0 radical (unpaired) electrons. The summed E-state index contributed by atoms with van der Waals surface area (Å²) in [5.74, 6) is 1.46. The van der Waals surface area contributed by atoms with Crippen molar-refractivity contribution in [3.8, 4) is 0 Å². The van der Waals surface area contributed by atoms with Crippen LogP contribution in [0.5, 0.6) is 0 Å². The van der Waals surface area contributed by atoms with Crippen LogP contribution in [-0.4, -0.2) is 20.7 Å². The number of thioether (sulfide) groups is 1. The summed E-state index contributed by atoms with van der Waals surface area (Å²) in [7, 11) is 0. The molecule has 18 heavy (non-hydrogen) atoms. The lowest BCUT2D eigenvalue weighted by Crippen LogP contribution is -2.44. The Kier molecular flexibility index (Phi) is 3.38. The molecule has 0 unspecified atom stereocenters. The molecule has 0 atom stereocenters. The number of carbonyl (C=O) groups excluding carboxylic acids is 1.